The highest BCUT2D eigenvalue weighted by Gasteiger charge is 2.17. The van der Waals surface area contributed by atoms with E-state index in [4.69, 9.17) is 16.1 Å². The van der Waals surface area contributed by atoms with Crippen molar-refractivity contribution in [2.45, 2.75) is 38.5 Å². The van der Waals surface area contributed by atoms with E-state index in [0.29, 0.717) is 28.1 Å². The van der Waals surface area contributed by atoms with Gasteiger partial charge < -0.3 is 9.42 Å². The van der Waals surface area contributed by atoms with Gasteiger partial charge >= 0.3 is 0 Å². The Bertz CT molecular complexity index is 1050. The van der Waals surface area contributed by atoms with E-state index >= 15 is 0 Å². The maximum atomic E-state index is 13.8. The smallest absolute Gasteiger partial charge is 0.246 e. The number of halogens is 2. The minimum Gasteiger partial charge on any atom is -0.337 e. The molecule has 0 spiro atoms. The van der Waals surface area contributed by atoms with E-state index in [9.17, 15) is 9.18 Å². The van der Waals surface area contributed by atoms with Gasteiger partial charge in [0.15, 0.2) is 0 Å². The predicted molar refractivity (Wildman–Crippen MR) is 122 cm³/mol. The number of carbonyl (C=O) groups excluding carboxylic acids is 1. The molecule has 5 nitrogen and oxygen atoms in total. The number of amides is 1. The van der Waals surface area contributed by atoms with Gasteiger partial charge in [-0.3, -0.25) is 4.79 Å². The summed E-state index contributed by atoms with van der Waals surface area (Å²) >= 11 is 7.10. The molecule has 3 aromatic rings. The molecule has 164 valence electrons. The largest absolute Gasteiger partial charge is 0.337 e. The third kappa shape index (κ3) is 6.31. The van der Waals surface area contributed by atoms with Crippen LogP contribution in [0.3, 0.4) is 0 Å². The van der Waals surface area contributed by atoms with Gasteiger partial charge in [-0.1, -0.05) is 67.9 Å². The van der Waals surface area contributed by atoms with Crippen LogP contribution < -0.4 is 0 Å². The highest BCUT2D eigenvalue weighted by atomic mass is 35.5. The van der Waals surface area contributed by atoms with Crippen LogP contribution in [0, 0.1) is 5.82 Å². The van der Waals surface area contributed by atoms with Gasteiger partial charge in [0.25, 0.3) is 0 Å². The SMILES string of the molecule is CN(Cc1nc(-c2ccc(C(C)(C)C)cc2)no1)C(=O)CSCc1ccc(Cl)cc1F. The average Bonchev–Trinajstić information content (AvgIpc) is 3.17. The highest BCUT2D eigenvalue weighted by Crippen LogP contribution is 2.25. The van der Waals surface area contributed by atoms with E-state index in [1.807, 2.05) is 12.1 Å². The van der Waals surface area contributed by atoms with Crippen LogP contribution in [0.25, 0.3) is 11.4 Å². The fourth-order valence-corrected chi connectivity index (χ4v) is 3.95. The lowest BCUT2D eigenvalue weighted by Crippen LogP contribution is -2.28. The summed E-state index contributed by atoms with van der Waals surface area (Å²) in [6.45, 7) is 6.68. The van der Waals surface area contributed by atoms with E-state index in [2.05, 4.69) is 43.0 Å². The quantitative estimate of drug-likeness (QED) is 0.450. The Morgan fingerprint density at radius 2 is 1.90 bits per heavy atom. The first-order valence-corrected chi connectivity index (χ1v) is 11.4. The van der Waals surface area contributed by atoms with Gasteiger partial charge in [0.05, 0.1) is 12.3 Å². The van der Waals surface area contributed by atoms with Crippen LogP contribution in [0.1, 0.15) is 37.8 Å². The highest BCUT2D eigenvalue weighted by molar-refractivity contribution is 7.99. The number of hydrogen-bond acceptors (Lipinski definition) is 5. The molecular formula is C23H25ClFN3O2S. The van der Waals surface area contributed by atoms with Gasteiger partial charge in [0, 0.05) is 23.4 Å². The van der Waals surface area contributed by atoms with E-state index in [1.165, 1.54) is 28.3 Å². The van der Waals surface area contributed by atoms with Crippen molar-refractivity contribution in [3.63, 3.8) is 0 Å². The lowest BCUT2D eigenvalue weighted by molar-refractivity contribution is -0.127. The topological polar surface area (TPSA) is 59.2 Å². The molecule has 2 aromatic carbocycles. The van der Waals surface area contributed by atoms with Crippen molar-refractivity contribution in [3.05, 3.63) is 70.3 Å². The van der Waals surface area contributed by atoms with Gasteiger partial charge in [0.1, 0.15) is 5.82 Å². The number of nitrogens with zero attached hydrogens (tertiary/aromatic N) is 3. The summed E-state index contributed by atoms with van der Waals surface area (Å²) in [4.78, 5) is 18.3. The van der Waals surface area contributed by atoms with Crippen LogP contribution in [0.2, 0.25) is 5.02 Å². The zero-order chi connectivity index (χ0) is 22.6. The molecule has 3 rings (SSSR count). The molecule has 0 N–H and O–H groups in total. The molecule has 0 saturated carbocycles. The molecule has 0 radical (unpaired) electrons. The van der Waals surface area contributed by atoms with E-state index in [1.54, 1.807) is 19.2 Å². The van der Waals surface area contributed by atoms with Crippen molar-refractivity contribution in [1.82, 2.24) is 15.0 Å². The molecule has 8 heteroatoms. The first-order chi connectivity index (χ1) is 14.6. The molecule has 1 aromatic heterocycles. The molecule has 1 heterocycles. The van der Waals surface area contributed by atoms with Crippen LogP contribution in [-0.2, 0) is 22.5 Å². The third-order valence-electron chi connectivity index (χ3n) is 4.77. The molecule has 0 aliphatic rings. The lowest BCUT2D eigenvalue weighted by Gasteiger charge is -2.18. The number of hydrogen-bond donors (Lipinski definition) is 0. The molecule has 1 amide bonds. The Morgan fingerprint density at radius 1 is 1.19 bits per heavy atom. The standard InChI is InChI=1S/C23H25ClFN3O2S/c1-23(2,3)17-8-5-15(6-9-17)22-26-20(30-27-22)12-28(4)21(29)14-31-13-16-7-10-18(24)11-19(16)25/h5-11H,12-14H2,1-4H3. The summed E-state index contributed by atoms with van der Waals surface area (Å²) in [5.41, 5.74) is 2.67. The zero-order valence-corrected chi connectivity index (χ0v) is 19.6. The van der Waals surface area contributed by atoms with Crippen LogP contribution >= 0.6 is 23.4 Å². The van der Waals surface area contributed by atoms with Crippen LogP contribution in [0.15, 0.2) is 47.0 Å². The number of benzene rings is 2. The van der Waals surface area contributed by atoms with Gasteiger partial charge in [-0.2, -0.15) is 4.98 Å². The number of rotatable bonds is 7. The fourth-order valence-electron chi connectivity index (χ4n) is 2.84. The number of carbonyl (C=O) groups is 1. The molecule has 0 bridgehead atoms. The molecule has 0 fully saturated rings. The molecule has 0 atom stereocenters. The first kappa shape index (κ1) is 23.3. The Balaban J connectivity index is 1.53. The van der Waals surface area contributed by atoms with E-state index < -0.39 is 0 Å². The first-order valence-electron chi connectivity index (χ1n) is 9.82. The van der Waals surface area contributed by atoms with Gasteiger partial charge in [0.2, 0.25) is 17.6 Å². The van der Waals surface area contributed by atoms with Crippen molar-refractivity contribution >= 4 is 29.3 Å². The zero-order valence-electron chi connectivity index (χ0n) is 18.0. The lowest BCUT2D eigenvalue weighted by atomic mass is 9.87. The maximum absolute atomic E-state index is 13.8. The summed E-state index contributed by atoms with van der Waals surface area (Å²) in [7, 11) is 1.67. The summed E-state index contributed by atoms with van der Waals surface area (Å²) in [6.07, 6.45) is 0. The van der Waals surface area contributed by atoms with Crippen LogP contribution in [-0.4, -0.2) is 33.7 Å². The van der Waals surface area contributed by atoms with Gasteiger partial charge in [-0.05, 0) is 28.7 Å². The van der Waals surface area contributed by atoms with Crippen molar-refractivity contribution in [2.24, 2.45) is 0 Å². The van der Waals surface area contributed by atoms with Crippen molar-refractivity contribution < 1.29 is 13.7 Å². The second-order valence-corrected chi connectivity index (χ2v) is 9.74. The Hall–Kier alpha value is -2.38. The molecule has 0 aliphatic heterocycles. The third-order valence-corrected chi connectivity index (χ3v) is 5.97. The molecule has 31 heavy (non-hydrogen) atoms. The predicted octanol–water partition coefficient (Wildman–Crippen LogP) is 5.72. The molecule has 0 saturated heterocycles. The molecule has 0 aliphatic carbocycles. The molecular weight excluding hydrogens is 437 g/mol. The summed E-state index contributed by atoms with van der Waals surface area (Å²) in [5, 5.41) is 4.38. The fraction of sp³-hybridized carbons (Fsp3) is 0.348. The van der Waals surface area contributed by atoms with Crippen LogP contribution in [0.5, 0.6) is 0 Å². The second kappa shape index (κ2) is 9.83. The van der Waals surface area contributed by atoms with Crippen molar-refractivity contribution in [2.75, 3.05) is 12.8 Å². The Kier molecular flexibility index (Phi) is 7.38. The van der Waals surface area contributed by atoms with Gasteiger partial charge in [-0.15, -0.1) is 11.8 Å². The Morgan fingerprint density at radius 3 is 2.55 bits per heavy atom. The minimum absolute atomic E-state index is 0.0708. The summed E-state index contributed by atoms with van der Waals surface area (Å²) < 4.78 is 19.1. The average molecular weight is 462 g/mol. The normalized spacial score (nSPS) is 11.5. The Labute approximate surface area is 191 Å². The monoisotopic (exact) mass is 461 g/mol. The second-order valence-electron chi connectivity index (χ2n) is 8.32. The molecule has 0 unspecified atom stereocenters. The van der Waals surface area contributed by atoms with Crippen molar-refractivity contribution in [1.29, 1.82) is 0 Å². The summed E-state index contributed by atoms with van der Waals surface area (Å²) in [6, 6.07) is 12.6. The van der Waals surface area contributed by atoms with E-state index in [-0.39, 0.29) is 29.4 Å². The number of thioether (sulfide) groups is 1. The van der Waals surface area contributed by atoms with Gasteiger partial charge in [-0.25, -0.2) is 4.39 Å². The summed E-state index contributed by atoms with van der Waals surface area (Å²) in [5.74, 6) is 0.984. The maximum Gasteiger partial charge on any atom is 0.246 e. The minimum atomic E-state index is -0.366. The van der Waals surface area contributed by atoms with E-state index in [0.717, 1.165) is 5.56 Å². The van der Waals surface area contributed by atoms with Crippen LogP contribution in [0.4, 0.5) is 4.39 Å². The number of aromatic nitrogens is 2. The van der Waals surface area contributed by atoms with Crippen molar-refractivity contribution in [3.8, 4) is 11.4 Å².